The number of hydrogen-bond donors (Lipinski definition) is 1. The standard InChI is InChI=1S/C11H11BrN6O/c1-7-14-9(17-19-7)4-5-13-11-15-10-3-2-8(12)6-18(10)16-11/h2-3,6H,4-5H2,1H3,(H,13,16). The quantitative estimate of drug-likeness (QED) is 0.789. The van der Waals surface area contributed by atoms with Crippen LogP contribution in [0.4, 0.5) is 5.95 Å². The van der Waals surface area contributed by atoms with Gasteiger partial charge in [-0.25, -0.2) is 4.52 Å². The first-order chi connectivity index (χ1) is 9.20. The lowest BCUT2D eigenvalue weighted by Crippen LogP contribution is -2.07. The number of rotatable bonds is 4. The van der Waals surface area contributed by atoms with Crippen molar-refractivity contribution in [3.63, 3.8) is 0 Å². The van der Waals surface area contributed by atoms with E-state index in [1.807, 2.05) is 18.3 Å². The minimum atomic E-state index is 0.575. The molecule has 0 aliphatic carbocycles. The lowest BCUT2D eigenvalue weighted by molar-refractivity contribution is 0.387. The minimum Gasteiger partial charge on any atom is -0.352 e. The van der Waals surface area contributed by atoms with Gasteiger partial charge in [-0.15, -0.1) is 5.10 Å². The topological polar surface area (TPSA) is 81.1 Å². The number of fused-ring (bicyclic) bond motifs is 1. The van der Waals surface area contributed by atoms with E-state index in [9.17, 15) is 0 Å². The van der Waals surface area contributed by atoms with Crippen LogP contribution < -0.4 is 5.32 Å². The molecule has 0 unspecified atom stereocenters. The SMILES string of the molecule is Cc1nc(CCNc2nc3ccc(Br)cn3n2)no1. The molecule has 0 radical (unpaired) electrons. The molecule has 7 nitrogen and oxygen atoms in total. The van der Waals surface area contributed by atoms with Crippen LogP contribution in [0.3, 0.4) is 0 Å². The van der Waals surface area contributed by atoms with Gasteiger partial charge in [0, 0.05) is 30.6 Å². The van der Waals surface area contributed by atoms with E-state index in [1.165, 1.54) is 0 Å². The van der Waals surface area contributed by atoms with Crippen LogP contribution in [0.25, 0.3) is 5.65 Å². The Kier molecular flexibility index (Phi) is 3.16. The van der Waals surface area contributed by atoms with E-state index in [4.69, 9.17) is 4.52 Å². The summed E-state index contributed by atoms with van der Waals surface area (Å²) in [6.45, 7) is 2.42. The summed E-state index contributed by atoms with van der Waals surface area (Å²) in [5, 5.41) is 11.3. The first-order valence-corrected chi connectivity index (χ1v) is 6.55. The van der Waals surface area contributed by atoms with E-state index in [1.54, 1.807) is 11.4 Å². The van der Waals surface area contributed by atoms with Gasteiger partial charge in [-0.1, -0.05) is 5.16 Å². The van der Waals surface area contributed by atoms with Gasteiger partial charge in [0.1, 0.15) is 0 Å². The molecule has 0 saturated heterocycles. The normalized spacial score (nSPS) is 11.1. The molecule has 0 atom stereocenters. The van der Waals surface area contributed by atoms with Gasteiger partial charge in [-0.2, -0.15) is 9.97 Å². The number of nitrogens with one attached hydrogen (secondary N) is 1. The van der Waals surface area contributed by atoms with E-state index in [2.05, 4.69) is 41.5 Å². The zero-order valence-electron chi connectivity index (χ0n) is 10.2. The van der Waals surface area contributed by atoms with Gasteiger partial charge >= 0.3 is 0 Å². The van der Waals surface area contributed by atoms with Crippen LogP contribution >= 0.6 is 15.9 Å². The average molecular weight is 323 g/mol. The molecule has 0 spiro atoms. The maximum absolute atomic E-state index is 4.90. The van der Waals surface area contributed by atoms with Crippen molar-refractivity contribution in [2.24, 2.45) is 0 Å². The molecule has 3 heterocycles. The number of hydrogen-bond acceptors (Lipinski definition) is 6. The van der Waals surface area contributed by atoms with E-state index in [-0.39, 0.29) is 0 Å². The molecule has 1 N–H and O–H groups in total. The summed E-state index contributed by atoms with van der Waals surface area (Å²) in [7, 11) is 0. The van der Waals surface area contributed by atoms with Crippen molar-refractivity contribution in [3.8, 4) is 0 Å². The van der Waals surface area contributed by atoms with Crippen LogP contribution in [0.1, 0.15) is 11.7 Å². The Morgan fingerprint density at radius 3 is 3.05 bits per heavy atom. The Bertz CT molecular complexity index is 706. The fourth-order valence-corrected chi connectivity index (χ4v) is 1.99. The molecule has 0 amide bonds. The Hall–Kier alpha value is -1.96. The summed E-state index contributed by atoms with van der Waals surface area (Å²) in [5.41, 5.74) is 0.793. The van der Waals surface area contributed by atoms with Crippen molar-refractivity contribution in [3.05, 3.63) is 34.5 Å². The molecule has 3 rings (SSSR count). The number of aryl methyl sites for hydroxylation is 1. The third-order valence-corrected chi connectivity index (χ3v) is 2.97. The van der Waals surface area contributed by atoms with Crippen LogP contribution in [0, 0.1) is 6.92 Å². The highest BCUT2D eigenvalue weighted by Crippen LogP contribution is 2.12. The second-order valence-corrected chi connectivity index (χ2v) is 4.91. The molecule has 0 fully saturated rings. The zero-order chi connectivity index (χ0) is 13.2. The van der Waals surface area contributed by atoms with Crippen LogP contribution in [-0.4, -0.2) is 31.3 Å². The predicted octanol–water partition coefficient (Wildman–Crippen LogP) is 1.84. The molecule has 0 bridgehead atoms. The highest BCUT2D eigenvalue weighted by molar-refractivity contribution is 9.10. The van der Waals surface area contributed by atoms with Crippen LogP contribution in [0.15, 0.2) is 27.3 Å². The Labute approximate surface area is 117 Å². The Balaban J connectivity index is 1.65. The fraction of sp³-hybridized carbons (Fsp3) is 0.273. The maximum Gasteiger partial charge on any atom is 0.243 e. The van der Waals surface area contributed by atoms with Crippen LogP contribution in [-0.2, 0) is 6.42 Å². The minimum absolute atomic E-state index is 0.575. The largest absolute Gasteiger partial charge is 0.352 e. The van der Waals surface area contributed by atoms with Gasteiger partial charge in [0.05, 0.1) is 0 Å². The second-order valence-electron chi connectivity index (χ2n) is 3.99. The van der Waals surface area contributed by atoms with Crippen molar-refractivity contribution in [2.75, 3.05) is 11.9 Å². The predicted molar refractivity (Wildman–Crippen MR) is 71.9 cm³/mol. The Morgan fingerprint density at radius 1 is 1.37 bits per heavy atom. The molecule has 8 heteroatoms. The third-order valence-electron chi connectivity index (χ3n) is 2.50. The number of aromatic nitrogens is 5. The number of halogens is 1. The van der Waals surface area contributed by atoms with E-state index < -0.39 is 0 Å². The van der Waals surface area contributed by atoms with Gasteiger partial charge in [-0.3, -0.25) is 0 Å². The molecule has 3 aromatic rings. The van der Waals surface area contributed by atoms with E-state index >= 15 is 0 Å². The third kappa shape index (κ3) is 2.73. The van der Waals surface area contributed by atoms with Crippen molar-refractivity contribution >= 4 is 27.5 Å². The fourth-order valence-electron chi connectivity index (χ4n) is 1.66. The smallest absolute Gasteiger partial charge is 0.243 e. The molecule has 0 aliphatic rings. The maximum atomic E-state index is 4.90. The van der Waals surface area contributed by atoms with Crippen molar-refractivity contribution in [2.45, 2.75) is 13.3 Å². The van der Waals surface area contributed by atoms with Crippen molar-refractivity contribution in [1.82, 2.24) is 24.7 Å². The molecule has 0 aliphatic heterocycles. The molecule has 0 aromatic carbocycles. The molecule has 3 aromatic heterocycles. The van der Waals surface area contributed by atoms with E-state index in [0.717, 1.165) is 10.1 Å². The lowest BCUT2D eigenvalue weighted by atomic mass is 10.4. The summed E-state index contributed by atoms with van der Waals surface area (Å²) in [5.74, 6) is 1.83. The molecule has 19 heavy (non-hydrogen) atoms. The molecular weight excluding hydrogens is 312 g/mol. The summed E-state index contributed by atoms with van der Waals surface area (Å²) in [6.07, 6.45) is 2.52. The first kappa shape index (κ1) is 12.1. The highest BCUT2D eigenvalue weighted by Gasteiger charge is 2.05. The summed E-state index contributed by atoms with van der Waals surface area (Å²) >= 11 is 3.39. The van der Waals surface area contributed by atoms with Crippen LogP contribution in [0.2, 0.25) is 0 Å². The monoisotopic (exact) mass is 322 g/mol. The molecule has 0 saturated carbocycles. The number of anilines is 1. The average Bonchev–Trinajstić information content (AvgIpc) is 2.95. The summed E-state index contributed by atoms with van der Waals surface area (Å²) in [6, 6.07) is 3.82. The zero-order valence-corrected chi connectivity index (χ0v) is 11.8. The molecule has 98 valence electrons. The van der Waals surface area contributed by atoms with Crippen LogP contribution in [0.5, 0.6) is 0 Å². The van der Waals surface area contributed by atoms with Crippen molar-refractivity contribution < 1.29 is 4.52 Å². The van der Waals surface area contributed by atoms with Gasteiger partial charge in [0.2, 0.25) is 11.8 Å². The van der Waals surface area contributed by atoms with E-state index in [0.29, 0.717) is 30.6 Å². The number of pyridine rings is 1. The van der Waals surface area contributed by atoms with Gasteiger partial charge < -0.3 is 9.84 Å². The van der Waals surface area contributed by atoms with Gasteiger partial charge in [-0.05, 0) is 28.1 Å². The van der Waals surface area contributed by atoms with Gasteiger partial charge in [0.25, 0.3) is 0 Å². The highest BCUT2D eigenvalue weighted by atomic mass is 79.9. The summed E-state index contributed by atoms with van der Waals surface area (Å²) < 4.78 is 7.57. The first-order valence-electron chi connectivity index (χ1n) is 5.76. The summed E-state index contributed by atoms with van der Waals surface area (Å²) in [4.78, 5) is 8.47. The van der Waals surface area contributed by atoms with Crippen molar-refractivity contribution in [1.29, 1.82) is 0 Å². The van der Waals surface area contributed by atoms with Gasteiger partial charge in [0.15, 0.2) is 11.5 Å². The molecular formula is C11H11BrN6O. The Morgan fingerprint density at radius 2 is 2.26 bits per heavy atom. The lowest BCUT2D eigenvalue weighted by Gasteiger charge is -1.96. The second kappa shape index (κ2) is 4.96. The number of nitrogens with zero attached hydrogens (tertiary/aromatic N) is 5.